The van der Waals surface area contributed by atoms with Gasteiger partial charge in [0.25, 0.3) is 0 Å². The highest BCUT2D eigenvalue weighted by molar-refractivity contribution is 5.70. The Labute approximate surface area is 173 Å². The number of rotatable bonds is 8. The van der Waals surface area contributed by atoms with Crippen LogP contribution in [0.15, 0.2) is 91.2 Å². The lowest BCUT2D eigenvalue weighted by Crippen LogP contribution is -2.07. The van der Waals surface area contributed by atoms with Crippen molar-refractivity contribution in [3.05, 3.63) is 96.9 Å². The summed E-state index contributed by atoms with van der Waals surface area (Å²) in [5.74, 6) is 1.12. The van der Waals surface area contributed by atoms with Gasteiger partial charge in [0.1, 0.15) is 0 Å². The van der Waals surface area contributed by atoms with E-state index in [9.17, 15) is 0 Å². The Hall–Kier alpha value is -2.41. The van der Waals surface area contributed by atoms with Crippen molar-refractivity contribution in [2.45, 2.75) is 53.4 Å². The molecule has 1 aliphatic carbocycles. The molecule has 1 heterocycles. The maximum absolute atomic E-state index is 4.57. The third kappa shape index (κ3) is 9.50. The molecular weight excluding hydrogens is 338 g/mol. The first-order chi connectivity index (χ1) is 13.6. The first-order valence-electron chi connectivity index (χ1n) is 10.5. The molecular formula is C27H37N. The van der Waals surface area contributed by atoms with Crippen molar-refractivity contribution >= 4 is 5.57 Å². The van der Waals surface area contributed by atoms with Gasteiger partial charge in [-0.05, 0) is 67.4 Å². The van der Waals surface area contributed by atoms with E-state index >= 15 is 0 Å². The van der Waals surface area contributed by atoms with E-state index in [0.717, 1.165) is 25.0 Å². The molecule has 0 fully saturated rings. The molecule has 1 atom stereocenters. The predicted octanol–water partition coefficient (Wildman–Crippen LogP) is 8.12. The number of pyridine rings is 1. The van der Waals surface area contributed by atoms with Gasteiger partial charge in [0, 0.05) is 6.20 Å². The topological polar surface area (TPSA) is 12.9 Å². The normalized spacial score (nSPS) is 17.0. The molecule has 1 aliphatic rings. The van der Waals surface area contributed by atoms with Crippen LogP contribution in [0.4, 0.5) is 0 Å². The molecule has 0 spiro atoms. The third-order valence-electron chi connectivity index (χ3n) is 4.39. The number of hydrogen-bond acceptors (Lipinski definition) is 1. The van der Waals surface area contributed by atoms with Crippen LogP contribution >= 0.6 is 0 Å². The zero-order valence-electron chi connectivity index (χ0n) is 18.1. The molecule has 0 aromatic carbocycles. The lowest BCUT2D eigenvalue weighted by atomic mass is 9.83. The van der Waals surface area contributed by atoms with Gasteiger partial charge >= 0.3 is 0 Å². The average molecular weight is 376 g/mol. The fraction of sp³-hybridized carbons (Fsp3) is 0.370. The SMILES string of the molecule is C/C=C\C=C/C1=CCC(CC=CC(C)C)C(c2ccccn2)=C1.C=CCCC. The Morgan fingerprint density at radius 2 is 2.07 bits per heavy atom. The van der Waals surface area contributed by atoms with E-state index in [1.807, 2.05) is 31.3 Å². The molecule has 150 valence electrons. The second-order valence-corrected chi connectivity index (χ2v) is 7.32. The van der Waals surface area contributed by atoms with Crippen molar-refractivity contribution in [3.8, 4) is 0 Å². The molecule has 1 heteroatoms. The fourth-order valence-corrected chi connectivity index (χ4v) is 2.91. The van der Waals surface area contributed by atoms with E-state index in [0.29, 0.717) is 11.8 Å². The van der Waals surface area contributed by atoms with Gasteiger partial charge in [-0.1, -0.05) is 81.9 Å². The van der Waals surface area contributed by atoms with Gasteiger partial charge < -0.3 is 0 Å². The van der Waals surface area contributed by atoms with Crippen molar-refractivity contribution in [2.75, 3.05) is 0 Å². The van der Waals surface area contributed by atoms with Crippen LogP contribution in [0.25, 0.3) is 5.57 Å². The molecule has 28 heavy (non-hydrogen) atoms. The summed E-state index contributed by atoms with van der Waals surface area (Å²) in [4.78, 5) is 4.57. The molecule has 0 N–H and O–H groups in total. The van der Waals surface area contributed by atoms with E-state index in [4.69, 9.17) is 0 Å². The maximum Gasteiger partial charge on any atom is 0.0664 e. The van der Waals surface area contributed by atoms with Crippen LogP contribution in [-0.4, -0.2) is 4.98 Å². The van der Waals surface area contributed by atoms with E-state index in [2.05, 4.69) is 87.0 Å². The first kappa shape index (κ1) is 23.6. The second-order valence-electron chi connectivity index (χ2n) is 7.32. The molecule has 2 rings (SSSR count). The van der Waals surface area contributed by atoms with Gasteiger partial charge in [-0.3, -0.25) is 4.98 Å². The zero-order valence-corrected chi connectivity index (χ0v) is 18.1. The Bertz CT molecular complexity index is 699. The van der Waals surface area contributed by atoms with Gasteiger partial charge in [-0.15, -0.1) is 6.58 Å². The van der Waals surface area contributed by atoms with Crippen molar-refractivity contribution in [3.63, 3.8) is 0 Å². The van der Waals surface area contributed by atoms with Crippen LogP contribution in [0.3, 0.4) is 0 Å². The van der Waals surface area contributed by atoms with Gasteiger partial charge in [0.2, 0.25) is 0 Å². The largest absolute Gasteiger partial charge is 0.257 e. The fourth-order valence-electron chi connectivity index (χ4n) is 2.91. The van der Waals surface area contributed by atoms with Gasteiger partial charge in [0.05, 0.1) is 5.69 Å². The molecule has 0 saturated carbocycles. The number of allylic oxidation sites excluding steroid dienone is 11. The Kier molecular flexibility index (Phi) is 12.3. The monoisotopic (exact) mass is 375 g/mol. The molecule has 0 saturated heterocycles. The number of aromatic nitrogens is 1. The Morgan fingerprint density at radius 3 is 2.64 bits per heavy atom. The molecule has 1 aromatic rings. The van der Waals surface area contributed by atoms with E-state index < -0.39 is 0 Å². The molecule has 0 radical (unpaired) electrons. The van der Waals surface area contributed by atoms with Crippen LogP contribution in [-0.2, 0) is 0 Å². The van der Waals surface area contributed by atoms with Gasteiger partial charge in [0.15, 0.2) is 0 Å². The van der Waals surface area contributed by atoms with E-state index in [1.165, 1.54) is 17.6 Å². The molecule has 0 amide bonds. The molecule has 1 aromatic heterocycles. The van der Waals surface area contributed by atoms with Crippen LogP contribution in [0, 0.1) is 11.8 Å². The van der Waals surface area contributed by atoms with E-state index in [1.54, 1.807) is 0 Å². The zero-order chi connectivity index (χ0) is 20.6. The summed E-state index contributed by atoms with van der Waals surface area (Å²) < 4.78 is 0. The number of unbranched alkanes of at least 4 members (excludes halogenated alkanes) is 1. The van der Waals surface area contributed by atoms with Crippen LogP contribution < -0.4 is 0 Å². The highest BCUT2D eigenvalue weighted by atomic mass is 14.7. The van der Waals surface area contributed by atoms with Crippen LogP contribution in [0.2, 0.25) is 0 Å². The van der Waals surface area contributed by atoms with Crippen LogP contribution in [0.5, 0.6) is 0 Å². The summed E-state index contributed by atoms with van der Waals surface area (Å²) in [7, 11) is 0. The minimum absolute atomic E-state index is 0.513. The maximum atomic E-state index is 4.57. The van der Waals surface area contributed by atoms with Crippen molar-refractivity contribution in [1.29, 1.82) is 0 Å². The molecule has 0 bridgehead atoms. The smallest absolute Gasteiger partial charge is 0.0664 e. The van der Waals surface area contributed by atoms with Crippen molar-refractivity contribution < 1.29 is 0 Å². The molecule has 1 unspecified atom stereocenters. The summed E-state index contributed by atoms with van der Waals surface area (Å²) in [6.07, 6.45) is 25.9. The quantitative estimate of drug-likeness (QED) is 0.330. The Morgan fingerprint density at radius 1 is 1.25 bits per heavy atom. The molecule has 1 nitrogen and oxygen atoms in total. The lowest BCUT2D eigenvalue weighted by molar-refractivity contribution is 0.678. The summed E-state index contributed by atoms with van der Waals surface area (Å²) in [6, 6.07) is 6.16. The van der Waals surface area contributed by atoms with E-state index in [-0.39, 0.29) is 0 Å². The summed E-state index contributed by atoms with van der Waals surface area (Å²) >= 11 is 0. The second kappa shape index (κ2) is 14.6. The Balaban J connectivity index is 0.000000696. The first-order valence-corrected chi connectivity index (χ1v) is 10.5. The summed E-state index contributed by atoms with van der Waals surface area (Å²) in [5.41, 5.74) is 3.72. The third-order valence-corrected chi connectivity index (χ3v) is 4.39. The molecule has 0 aliphatic heterocycles. The van der Waals surface area contributed by atoms with Crippen molar-refractivity contribution in [2.24, 2.45) is 11.8 Å². The number of hydrogen-bond donors (Lipinski definition) is 0. The highest BCUT2D eigenvalue weighted by Gasteiger charge is 2.18. The standard InChI is InChI=1S/C22H27N.C5H10/c1-4-5-6-11-19-14-15-20(12-9-10-18(2)3)21(17-19)22-13-7-8-16-23-22;1-3-5-4-2/h4-11,13-14,16-18,20H,12,15H2,1-3H3;3H,1,4-5H2,2H3/b5-4-,10-9?,11-6-;. The van der Waals surface area contributed by atoms with Gasteiger partial charge in [-0.25, -0.2) is 0 Å². The highest BCUT2D eigenvalue weighted by Crippen LogP contribution is 2.34. The minimum Gasteiger partial charge on any atom is -0.257 e. The summed E-state index contributed by atoms with van der Waals surface area (Å²) in [6.45, 7) is 12.2. The van der Waals surface area contributed by atoms with Gasteiger partial charge in [-0.2, -0.15) is 0 Å². The summed E-state index contributed by atoms with van der Waals surface area (Å²) in [5, 5.41) is 0. The lowest BCUT2D eigenvalue weighted by Gasteiger charge is -2.22. The number of nitrogens with zero attached hydrogens (tertiary/aromatic N) is 1. The minimum atomic E-state index is 0.513. The van der Waals surface area contributed by atoms with Crippen LogP contribution in [0.1, 0.15) is 59.1 Å². The predicted molar refractivity (Wildman–Crippen MR) is 126 cm³/mol. The van der Waals surface area contributed by atoms with Crippen molar-refractivity contribution in [1.82, 2.24) is 4.98 Å². The average Bonchev–Trinajstić information content (AvgIpc) is 2.70.